The molecule has 0 radical (unpaired) electrons. The molecule has 0 atom stereocenters. The molecule has 0 fully saturated rings. The van der Waals surface area contributed by atoms with Crippen molar-refractivity contribution < 1.29 is 19.1 Å². The first-order valence-corrected chi connectivity index (χ1v) is 9.83. The van der Waals surface area contributed by atoms with Crippen LogP contribution in [0.25, 0.3) is 6.08 Å². The molecule has 2 aromatic carbocycles. The van der Waals surface area contributed by atoms with E-state index in [1.54, 1.807) is 24.3 Å². The number of carbonyl (C=O) groups excluding carboxylic acids is 2. The third-order valence-corrected chi connectivity index (χ3v) is 5.29. The molecular weight excluding hydrogens is 428 g/mol. The fourth-order valence-corrected chi connectivity index (χ4v) is 3.81. The molecule has 3 aromatic rings. The number of thiophene rings is 1. The Balaban J connectivity index is 1.51. The quantitative estimate of drug-likeness (QED) is 0.314. The van der Waals surface area contributed by atoms with Crippen molar-refractivity contribution in [2.45, 2.75) is 6.42 Å². The van der Waals surface area contributed by atoms with Crippen LogP contribution in [0.15, 0.2) is 70.2 Å². The number of fused-ring (bicyclic) bond motifs is 1. The summed E-state index contributed by atoms with van der Waals surface area (Å²) < 4.78 is 12.0. The average Bonchev–Trinajstić information content (AvgIpc) is 3.23. The average molecular weight is 441 g/mol. The highest BCUT2D eigenvalue weighted by Crippen LogP contribution is 2.35. The van der Waals surface area contributed by atoms with Crippen LogP contribution in [0.2, 0.25) is 0 Å². The summed E-state index contributed by atoms with van der Waals surface area (Å²) in [5.41, 5.74) is 1.30. The number of hydrogen-bond acceptors (Lipinski definition) is 5. The van der Waals surface area contributed by atoms with Gasteiger partial charge in [-0.2, -0.15) is 0 Å². The van der Waals surface area contributed by atoms with Crippen LogP contribution in [0.4, 0.5) is 0 Å². The number of esters is 1. The number of halogens is 1. The predicted molar refractivity (Wildman–Crippen MR) is 107 cm³/mol. The summed E-state index contributed by atoms with van der Waals surface area (Å²) in [4.78, 5) is 25.5. The van der Waals surface area contributed by atoms with Gasteiger partial charge in [-0.3, -0.25) is 9.59 Å². The fourth-order valence-electron chi connectivity index (χ4n) is 2.70. The van der Waals surface area contributed by atoms with Gasteiger partial charge in [0.15, 0.2) is 5.76 Å². The van der Waals surface area contributed by atoms with Crippen LogP contribution in [0.5, 0.6) is 11.5 Å². The molecule has 134 valence electrons. The van der Waals surface area contributed by atoms with Gasteiger partial charge >= 0.3 is 5.97 Å². The highest BCUT2D eigenvalue weighted by atomic mass is 79.9. The Kier molecular flexibility index (Phi) is 4.92. The Bertz CT molecular complexity index is 1050. The molecule has 0 bridgehead atoms. The standard InChI is InChI=1S/C21H13BrO4S/c22-14-4-1-3-13(9-14)10-19-21(24)17-7-6-15(11-18(17)26-19)25-20(23)12-16-5-2-8-27-16/h1-11H,12H2/b19-10-. The van der Waals surface area contributed by atoms with Crippen LogP contribution < -0.4 is 9.47 Å². The lowest BCUT2D eigenvalue weighted by Gasteiger charge is -2.05. The summed E-state index contributed by atoms with van der Waals surface area (Å²) in [5.74, 6) is 0.438. The van der Waals surface area contributed by atoms with Gasteiger partial charge in [0, 0.05) is 15.4 Å². The van der Waals surface area contributed by atoms with Crippen molar-refractivity contribution in [3.8, 4) is 11.5 Å². The number of ketones is 1. The maximum absolute atomic E-state index is 12.5. The molecule has 0 spiro atoms. The van der Waals surface area contributed by atoms with Gasteiger partial charge in [-0.05, 0) is 47.4 Å². The van der Waals surface area contributed by atoms with Gasteiger partial charge in [0.25, 0.3) is 0 Å². The molecule has 6 heteroatoms. The highest BCUT2D eigenvalue weighted by Gasteiger charge is 2.28. The molecule has 0 saturated carbocycles. The molecule has 4 rings (SSSR count). The van der Waals surface area contributed by atoms with Crippen LogP contribution in [0, 0.1) is 0 Å². The van der Waals surface area contributed by atoms with Gasteiger partial charge < -0.3 is 9.47 Å². The van der Waals surface area contributed by atoms with Crippen LogP contribution in [-0.2, 0) is 11.2 Å². The zero-order valence-electron chi connectivity index (χ0n) is 14.0. The van der Waals surface area contributed by atoms with Crippen molar-refractivity contribution in [1.82, 2.24) is 0 Å². The van der Waals surface area contributed by atoms with Gasteiger partial charge in [-0.1, -0.05) is 34.1 Å². The van der Waals surface area contributed by atoms with E-state index in [4.69, 9.17) is 9.47 Å². The van der Waals surface area contributed by atoms with Gasteiger partial charge in [0.1, 0.15) is 11.5 Å². The minimum absolute atomic E-state index is 0.193. The van der Waals surface area contributed by atoms with E-state index in [0.717, 1.165) is 14.9 Å². The van der Waals surface area contributed by atoms with Crippen LogP contribution in [0.3, 0.4) is 0 Å². The Morgan fingerprint density at radius 1 is 1.15 bits per heavy atom. The smallest absolute Gasteiger partial charge is 0.316 e. The molecule has 27 heavy (non-hydrogen) atoms. The molecule has 2 heterocycles. The third kappa shape index (κ3) is 4.02. The molecule has 1 aliphatic rings. The van der Waals surface area contributed by atoms with Gasteiger partial charge in [-0.25, -0.2) is 0 Å². The lowest BCUT2D eigenvalue weighted by atomic mass is 10.1. The number of benzene rings is 2. The van der Waals surface area contributed by atoms with Crippen molar-refractivity contribution in [3.63, 3.8) is 0 Å². The maximum Gasteiger partial charge on any atom is 0.316 e. The monoisotopic (exact) mass is 440 g/mol. The number of carbonyl (C=O) groups is 2. The zero-order valence-corrected chi connectivity index (χ0v) is 16.4. The summed E-state index contributed by atoms with van der Waals surface area (Å²) in [5, 5.41) is 1.91. The van der Waals surface area contributed by atoms with E-state index in [2.05, 4.69) is 15.9 Å². The fraction of sp³-hybridized carbons (Fsp3) is 0.0476. The molecular formula is C21H13BrO4S. The molecule has 0 unspecified atom stereocenters. The van der Waals surface area contributed by atoms with Crippen LogP contribution >= 0.6 is 27.3 Å². The third-order valence-electron chi connectivity index (χ3n) is 3.92. The molecule has 0 aliphatic carbocycles. The number of hydrogen-bond donors (Lipinski definition) is 0. The number of Topliss-reactive ketones (excluding diaryl/α,β-unsaturated/α-hetero) is 1. The van der Waals surface area contributed by atoms with Crippen LogP contribution in [-0.4, -0.2) is 11.8 Å². The number of ether oxygens (including phenoxy) is 2. The summed E-state index contributed by atoms with van der Waals surface area (Å²) in [6.45, 7) is 0. The van der Waals surface area contributed by atoms with Crippen LogP contribution in [0.1, 0.15) is 20.8 Å². The van der Waals surface area contributed by atoms with Gasteiger partial charge in [-0.15, -0.1) is 11.3 Å². The Morgan fingerprint density at radius 2 is 2.04 bits per heavy atom. The van der Waals surface area contributed by atoms with Crippen molar-refractivity contribution in [2.24, 2.45) is 0 Å². The van der Waals surface area contributed by atoms with Crippen molar-refractivity contribution in [3.05, 3.63) is 86.2 Å². The van der Waals surface area contributed by atoms with E-state index < -0.39 is 0 Å². The van der Waals surface area contributed by atoms with E-state index in [9.17, 15) is 9.59 Å². The van der Waals surface area contributed by atoms with E-state index in [0.29, 0.717) is 17.1 Å². The zero-order chi connectivity index (χ0) is 18.8. The highest BCUT2D eigenvalue weighted by molar-refractivity contribution is 9.10. The maximum atomic E-state index is 12.5. The van der Waals surface area contributed by atoms with E-state index in [-0.39, 0.29) is 23.9 Å². The summed E-state index contributed by atoms with van der Waals surface area (Å²) in [6.07, 6.45) is 1.90. The first-order valence-electron chi connectivity index (χ1n) is 8.15. The lowest BCUT2D eigenvalue weighted by Crippen LogP contribution is -2.10. The van der Waals surface area contributed by atoms with Gasteiger partial charge in [0.2, 0.25) is 5.78 Å². The van der Waals surface area contributed by atoms with E-state index in [1.807, 2.05) is 41.8 Å². The summed E-state index contributed by atoms with van der Waals surface area (Å²) >= 11 is 4.91. The Morgan fingerprint density at radius 3 is 2.81 bits per heavy atom. The minimum Gasteiger partial charge on any atom is -0.452 e. The largest absolute Gasteiger partial charge is 0.452 e. The topological polar surface area (TPSA) is 52.6 Å². The second kappa shape index (κ2) is 7.50. The van der Waals surface area contributed by atoms with Gasteiger partial charge in [0.05, 0.1) is 12.0 Å². The number of allylic oxidation sites excluding steroid dienone is 1. The van der Waals surface area contributed by atoms with E-state index >= 15 is 0 Å². The summed E-state index contributed by atoms with van der Waals surface area (Å²) in [7, 11) is 0. The molecule has 1 aromatic heterocycles. The van der Waals surface area contributed by atoms with Crippen molar-refractivity contribution in [1.29, 1.82) is 0 Å². The Hall–Kier alpha value is -2.70. The van der Waals surface area contributed by atoms with E-state index in [1.165, 1.54) is 11.3 Å². The molecule has 1 aliphatic heterocycles. The molecule has 0 N–H and O–H groups in total. The normalized spacial score (nSPS) is 14.1. The van der Waals surface area contributed by atoms with Crippen molar-refractivity contribution >= 4 is 45.1 Å². The lowest BCUT2D eigenvalue weighted by molar-refractivity contribution is -0.133. The SMILES string of the molecule is O=C(Cc1cccs1)Oc1ccc2c(c1)O/C(=C\c1cccc(Br)c1)C2=O. The Labute approximate surface area is 168 Å². The first-order chi connectivity index (χ1) is 13.1. The first kappa shape index (κ1) is 17.7. The molecule has 0 amide bonds. The second-order valence-corrected chi connectivity index (χ2v) is 7.83. The predicted octanol–water partition coefficient (Wildman–Crippen LogP) is 5.27. The minimum atomic E-state index is -0.355. The molecule has 4 nitrogen and oxygen atoms in total. The second-order valence-electron chi connectivity index (χ2n) is 5.88. The summed E-state index contributed by atoms with van der Waals surface area (Å²) in [6, 6.07) is 16.1. The number of rotatable bonds is 4. The molecule has 0 saturated heterocycles. The van der Waals surface area contributed by atoms with Crippen molar-refractivity contribution in [2.75, 3.05) is 0 Å².